The van der Waals surface area contributed by atoms with Crippen molar-refractivity contribution in [3.8, 4) is 23.0 Å². The normalized spacial score (nSPS) is 13.2. The molecule has 2 N–H and O–H groups in total. The second-order valence-corrected chi connectivity index (χ2v) is 6.09. The maximum absolute atomic E-state index is 12.8. The summed E-state index contributed by atoms with van der Waals surface area (Å²) in [6, 6.07) is 8.70. The molecule has 1 aliphatic heterocycles. The van der Waals surface area contributed by atoms with Crippen LogP contribution in [0.1, 0.15) is 29.8 Å². The van der Waals surface area contributed by atoms with E-state index in [1.807, 2.05) is 19.1 Å². The van der Waals surface area contributed by atoms with Crippen molar-refractivity contribution in [2.45, 2.75) is 13.8 Å². The predicted octanol–water partition coefficient (Wildman–Crippen LogP) is 3.73. The topological polar surface area (TPSA) is 80.0 Å². The van der Waals surface area contributed by atoms with Gasteiger partial charge in [-0.15, -0.1) is 0 Å². The molecule has 0 bridgehead atoms. The van der Waals surface area contributed by atoms with Crippen molar-refractivity contribution in [2.75, 3.05) is 32.7 Å². The molecule has 0 atom stereocenters. The number of nitrogens with two attached hydrogens (primary N) is 1. The number of methoxy groups -OCH3 is 1. The van der Waals surface area contributed by atoms with Gasteiger partial charge in [-0.2, -0.15) is 0 Å². The fraction of sp³-hybridized carbons (Fsp3) is 0.286. The van der Waals surface area contributed by atoms with E-state index >= 15 is 0 Å². The summed E-state index contributed by atoms with van der Waals surface area (Å²) in [4.78, 5) is 12.8. The number of carbonyl (C=O) groups excluding carboxylic acids is 1. The second kappa shape index (κ2) is 8.03. The smallest absolute Gasteiger partial charge is 0.203 e. The number of ether oxygens (including phenoxy) is 4. The summed E-state index contributed by atoms with van der Waals surface area (Å²) in [6.07, 6.45) is 1.79. The van der Waals surface area contributed by atoms with Crippen molar-refractivity contribution in [3.05, 3.63) is 47.0 Å². The van der Waals surface area contributed by atoms with E-state index in [9.17, 15) is 4.79 Å². The van der Waals surface area contributed by atoms with Gasteiger partial charge in [-0.3, -0.25) is 4.79 Å². The van der Waals surface area contributed by atoms with Crippen molar-refractivity contribution < 1.29 is 23.7 Å². The highest BCUT2D eigenvalue weighted by atomic mass is 16.6. The number of carbonyl (C=O) groups is 1. The minimum atomic E-state index is -0.107. The monoisotopic (exact) mass is 369 g/mol. The number of anilines is 1. The molecule has 6 nitrogen and oxygen atoms in total. The van der Waals surface area contributed by atoms with Gasteiger partial charge in [-0.1, -0.05) is 0 Å². The van der Waals surface area contributed by atoms with Crippen LogP contribution in [-0.4, -0.2) is 32.7 Å². The number of hydrogen-bond acceptors (Lipinski definition) is 6. The van der Waals surface area contributed by atoms with E-state index < -0.39 is 0 Å². The summed E-state index contributed by atoms with van der Waals surface area (Å²) < 4.78 is 22.1. The molecule has 6 heteroatoms. The lowest BCUT2D eigenvalue weighted by atomic mass is 10.0. The maximum Gasteiger partial charge on any atom is 0.203 e. The molecular formula is C21H23NO5. The van der Waals surface area contributed by atoms with Gasteiger partial charge in [-0.05, 0) is 61.4 Å². The van der Waals surface area contributed by atoms with Crippen LogP contribution in [0.5, 0.6) is 23.0 Å². The minimum Gasteiger partial charge on any atom is -0.493 e. The lowest BCUT2D eigenvalue weighted by Gasteiger charge is -2.21. The molecule has 0 spiro atoms. The Balaban J connectivity index is 1.91. The molecule has 0 aliphatic carbocycles. The number of benzene rings is 2. The zero-order valence-electron chi connectivity index (χ0n) is 15.7. The highest BCUT2D eigenvalue weighted by molar-refractivity contribution is 6.11. The quantitative estimate of drug-likeness (QED) is 0.475. The first-order chi connectivity index (χ1) is 13.0. The van der Waals surface area contributed by atoms with Gasteiger partial charge in [0.15, 0.2) is 17.3 Å². The van der Waals surface area contributed by atoms with Crippen molar-refractivity contribution >= 4 is 17.5 Å². The summed E-state index contributed by atoms with van der Waals surface area (Å²) >= 11 is 0. The SMILES string of the molecule is CCOc1cc(C(=O)C(C)=Cc2cc(OC)c3c(c2)OCCO3)ccc1N. The Morgan fingerprint density at radius 1 is 1.19 bits per heavy atom. The Hall–Kier alpha value is -3.15. The molecule has 3 rings (SSSR count). The van der Waals surface area contributed by atoms with Crippen LogP contribution >= 0.6 is 0 Å². The number of ketones is 1. The molecule has 27 heavy (non-hydrogen) atoms. The van der Waals surface area contributed by atoms with Crippen LogP contribution in [-0.2, 0) is 0 Å². The van der Waals surface area contributed by atoms with Crippen molar-refractivity contribution in [3.63, 3.8) is 0 Å². The van der Waals surface area contributed by atoms with E-state index in [1.54, 1.807) is 38.3 Å². The van der Waals surface area contributed by atoms with Crippen LogP contribution in [0.2, 0.25) is 0 Å². The minimum absolute atomic E-state index is 0.107. The molecule has 0 radical (unpaired) electrons. The third-order valence-corrected chi connectivity index (χ3v) is 4.17. The van der Waals surface area contributed by atoms with E-state index in [4.69, 9.17) is 24.7 Å². The Morgan fingerprint density at radius 3 is 2.70 bits per heavy atom. The largest absolute Gasteiger partial charge is 0.493 e. The Labute approximate surface area is 158 Å². The zero-order chi connectivity index (χ0) is 19.4. The zero-order valence-corrected chi connectivity index (χ0v) is 15.7. The maximum atomic E-state index is 12.8. The van der Waals surface area contributed by atoms with Crippen LogP contribution in [0.25, 0.3) is 6.08 Å². The molecule has 0 saturated carbocycles. The Morgan fingerprint density at radius 2 is 1.96 bits per heavy atom. The Bertz CT molecular complexity index is 871. The predicted molar refractivity (Wildman–Crippen MR) is 104 cm³/mol. The van der Waals surface area contributed by atoms with Crippen LogP contribution in [0.4, 0.5) is 5.69 Å². The molecule has 1 heterocycles. The molecule has 0 unspecified atom stereocenters. The van der Waals surface area contributed by atoms with Gasteiger partial charge in [0.25, 0.3) is 0 Å². The van der Waals surface area contributed by atoms with E-state index in [2.05, 4.69) is 0 Å². The number of rotatable bonds is 6. The van der Waals surface area contributed by atoms with E-state index in [-0.39, 0.29) is 5.78 Å². The summed E-state index contributed by atoms with van der Waals surface area (Å²) in [5.74, 6) is 2.18. The van der Waals surface area contributed by atoms with E-state index in [0.29, 0.717) is 59.6 Å². The number of nitrogen functional groups attached to an aromatic ring is 1. The van der Waals surface area contributed by atoms with Crippen LogP contribution in [0, 0.1) is 0 Å². The van der Waals surface area contributed by atoms with Gasteiger partial charge in [-0.25, -0.2) is 0 Å². The molecule has 2 aromatic carbocycles. The number of hydrogen-bond donors (Lipinski definition) is 1. The van der Waals surface area contributed by atoms with E-state index in [0.717, 1.165) is 5.56 Å². The van der Waals surface area contributed by atoms with Crippen molar-refractivity contribution in [1.29, 1.82) is 0 Å². The molecule has 142 valence electrons. The molecule has 0 amide bonds. The first-order valence-electron chi connectivity index (χ1n) is 8.76. The van der Waals surface area contributed by atoms with Crippen molar-refractivity contribution in [2.24, 2.45) is 0 Å². The molecule has 0 fully saturated rings. The highest BCUT2D eigenvalue weighted by Crippen LogP contribution is 2.41. The highest BCUT2D eigenvalue weighted by Gasteiger charge is 2.18. The first-order valence-corrected chi connectivity index (χ1v) is 8.76. The Kier molecular flexibility index (Phi) is 5.54. The number of allylic oxidation sites excluding steroid dienone is 1. The van der Waals surface area contributed by atoms with Crippen LogP contribution in [0.3, 0.4) is 0 Å². The van der Waals surface area contributed by atoms with Gasteiger partial charge in [0.2, 0.25) is 5.75 Å². The molecular weight excluding hydrogens is 346 g/mol. The fourth-order valence-corrected chi connectivity index (χ4v) is 2.88. The summed E-state index contributed by atoms with van der Waals surface area (Å²) in [5, 5.41) is 0. The lowest BCUT2D eigenvalue weighted by Crippen LogP contribution is -2.16. The fourth-order valence-electron chi connectivity index (χ4n) is 2.88. The summed E-state index contributed by atoms with van der Waals surface area (Å²) in [6.45, 7) is 5.08. The van der Waals surface area contributed by atoms with E-state index in [1.165, 1.54) is 0 Å². The molecule has 1 aliphatic rings. The number of fused-ring (bicyclic) bond motifs is 1. The number of Topliss-reactive ketones (excluding diaryl/α,β-unsaturated/α-hetero) is 1. The van der Waals surface area contributed by atoms with Gasteiger partial charge >= 0.3 is 0 Å². The summed E-state index contributed by atoms with van der Waals surface area (Å²) in [7, 11) is 1.57. The second-order valence-electron chi connectivity index (χ2n) is 6.09. The third-order valence-electron chi connectivity index (χ3n) is 4.17. The first kappa shape index (κ1) is 18.6. The van der Waals surface area contributed by atoms with Gasteiger partial charge in [0.05, 0.1) is 19.4 Å². The standard InChI is InChI=1S/C21H23NO5/c1-4-25-17-12-15(5-6-16(17)22)20(23)13(2)9-14-10-18(24-3)21-19(11-14)26-7-8-27-21/h5-6,9-12H,4,7-8,22H2,1-3H3. The summed E-state index contributed by atoms with van der Waals surface area (Å²) in [5.41, 5.74) is 8.27. The average molecular weight is 369 g/mol. The molecule has 0 saturated heterocycles. The lowest BCUT2D eigenvalue weighted by molar-refractivity contribution is 0.103. The molecule has 0 aromatic heterocycles. The molecule has 2 aromatic rings. The average Bonchev–Trinajstić information content (AvgIpc) is 2.68. The third kappa shape index (κ3) is 4.00. The van der Waals surface area contributed by atoms with Crippen LogP contribution < -0.4 is 24.7 Å². The van der Waals surface area contributed by atoms with Gasteiger partial charge in [0, 0.05) is 5.56 Å². The van der Waals surface area contributed by atoms with Crippen molar-refractivity contribution in [1.82, 2.24) is 0 Å². The van der Waals surface area contributed by atoms with Crippen LogP contribution in [0.15, 0.2) is 35.9 Å². The van der Waals surface area contributed by atoms with Gasteiger partial charge in [0.1, 0.15) is 19.0 Å². The van der Waals surface area contributed by atoms with Gasteiger partial charge < -0.3 is 24.7 Å².